The molecule has 11 heteroatoms. The van der Waals surface area contributed by atoms with Crippen LogP contribution in [-0.4, -0.2) is 36.3 Å². The van der Waals surface area contributed by atoms with Crippen molar-refractivity contribution in [1.29, 1.82) is 0 Å². The summed E-state index contributed by atoms with van der Waals surface area (Å²) >= 11 is 3.46. The Bertz CT molecular complexity index is 1860. The van der Waals surface area contributed by atoms with Crippen molar-refractivity contribution in [1.82, 2.24) is 9.99 Å². The van der Waals surface area contributed by atoms with E-state index in [0.717, 1.165) is 28.3 Å². The molecule has 3 aromatic carbocycles. The first kappa shape index (κ1) is 32.1. The van der Waals surface area contributed by atoms with Gasteiger partial charge in [0.25, 0.3) is 5.91 Å². The molecule has 0 saturated carbocycles. The van der Waals surface area contributed by atoms with Crippen molar-refractivity contribution < 1.29 is 28.2 Å². The van der Waals surface area contributed by atoms with E-state index < -0.39 is 5.91 Å². The number of methoxy groups -OCH3 is 1. The Morgan fingerprint density at radius 2 is 1.67 bits per heavy atom. The molecule has 0 fully saturated rings. The van der Waals surface area contributed by atoms with E-state index in [9.17, 15) is 9.59 Å². The van der Waals surface area contributed by atoms with Gasteiger partial charge in [0.1, 0.15) is 18.1 Å². The van der Waals surface area contributed by atoms with Crippen molar-refractivity contribution in [3.05, 3.63) is 123 Å². The topological polar surface area (TPSA) is 116 Å². The summed E-state index contributed by atoms with van der Waals surface area (Å²) in [6.45, 7) is 5.98. The van der Waals surface area contributed by atoms with Gasteiger partial charge >= 0.3 is 5.91 Å². The van der Waals surface area contributed by atoms with E-state index in [0.29, 0.717) is 33.0 Å². The monoisotopic (exact) mass is 684 g/mol. The van der Waals surface area contributed by atoms with Crippen LogP contribution in [0.4, 0.5) is 5.69 Å². The predicted molar refractivity (Wildman–Crippen MR) is 179 cm³/mol. The number of rotatable bonds is 12. The Labute approximate surface area is 275 Å². The van der Waals surface area contributed by atoms with Crippen molar-refractivity contribution in [3.63, 3.8) is 0 Å². The molecule has 0 spiro atoms. The van der Waals surface area contributed by atoms with Gasteiger partial charge in [-0.05, 0) is 115 Å². The van der Waals surface area contributed by atoms with Gasteiger partial charge in [-0.15, -0.1) is 0 Å². The van der Waals surface area contributed by atoms with Crippen LogP contribution in [0.2, 0.25) is 0 Å². The summed E-state index contributed by atoms with van der Waals surface area (Å²) in [6.07, 6.45) is 1.45. The normalized spacial score (nSPS) is 11.0. The molecular weight excluding hydrogens is 652 g/mol. The highest BCUT2D eigenvalue weighted by molar-refractivity contribution is 9.10. The van der Waals surface area contributed by atoms with E-state index in [4.69, 9.17) is 18.6 Å². The fourth-order valence-corrected chi connectivity index (χ4v) is 5.29. The second-order valence-corrected chi connectivity index (χ2v) is 11.2. The number of aryl methyl sites for hydroxylation is 3. The maximum atomic E-state index is 12.6. The van der Waals surface area contributed by atoms with Crippen LogP contribution < -0.4 is 25.0 Å². The molecule has 2 N–H and O–H groups in total. The van der Waals surface area contributed by atoms with Crippen LogP contribution in [0.25, 0.3) is 5.69 Å². The fraction of sp³-hybridized carbons (Fsp3) is 0.171. The van der Waals surface area contributed by atoms with Crippen LogP contribution in [0.1, 0.15) is 38.8 Å². The molecule has 10 nitrogen and oxygen atoms in total. The SMILES string of the molecule is COc1cc(/C=N/NC(=O)c2ccc(COc3ccc(-n4c(C)ccc4C)cc3)o2)cc(Br)c1OCC(=O)Nc1ccccc1C. The summed E-state index contributed by atoms with van der Waals surface area (Å²) in [5.74, 6) is 1.18. The van der Waals surface area contributed by atoms with Crippen LogP contribution in [0.5, 0.6) is 17.2 Å². The molecule has 2 aromatic heterocycles. The number of hydrogen-bond acceptors (Lipinski definition) is 7. The molecule has 46 heavy (non-hydrogen) atoms. The summed E-state index contributed by atoms with van der Waals surface area (Å²) < 4.78 is 25.4. The van der Waals surface area contributed by atoms with Gasteiger partial charge in [0.15, 0.2) is 23.9 Å². The van der Waals surface area contributed by atoms with Gasteiger partial charge in [-0.3, -0.25) is 9.59 Å². The summed E-state index contributed by atoms with van der Waals surface area (Å²) in [5.41, 5.74) is 8.10. The van der Waals surface area contributed by atoms with Crippen LogP contribution in [0.3, 0.4) is 0 Å². The molecule has 0 radical (unpaired) electrons. The zero-order valence-corrected chi connectivity index (χ0v) is 27.4. The van der Waals surface area contributed by atoms with E-state index in [2.05, 4.69) is 62.3 Å². The van der Waals surface area contributed by atoms with Crippen LogP contribution >= 0.6 is 15.9 Å². The second-order valence-electron chi connectivity index (χ2n) is 10.4. The smallest absolute Gasteiger partial charge is 0.307 e. The number of nitrogens with zero attached hydrogens (tertiary/aromatic N) is 2. The van der Waals surface area contributed by atoms with Gasteiger partial charge in [-0.25, -0.2) is 5.43 Å². The number of amides is 2. The highest BCUT2D eigenvalue weighted by atomic mass is 79.9. The van der Waals surface area contributed by atoms with Crippen LogP contribution in [0, 0.1) is 20.8 Å². The van der Waals surface area contributed by atoms with E-state index in [-0.39, 0.29) is 24.9 Å². The van der Waals surface area contributed by atoms with Crippen molar-refractivity contribution in [2.45, 2.75) is 27.4 Å². The maximum Gasteiger partial charge on any atom is 0.307 e. The minimum Gasteiger partial charge on any atom is -0.493 e. The molecule has 236 valence electrons. The highest BCUT2D eigenvalue weighted by Gasteiger charge is 2.15. The van der Waals surface area contributed by atoms with Crippen molar-refractivity contribution >= 4 is 39.6 Å². The predicted octanol–water partition coefficient (Wildman–Crippen LogP) is 7.13. The first-order valence-corrected chi connectivity index (χ1v) is 15.2. The summed E-state index contributed by atoms with van der Waals surface area (Å²) in [5, 5.41) is 6.87. The molecule has 2 amide bonds. The number of carbonyl (C=O) groups excluding carboxylic acids is 2. The number of nitrogens with one attached hydrogen (secondary N) is 2. The Morgan fingerprint density at radius 1 is 0.935 bits per heavy atom. The maximum absolute atomic E-state index is 12.6. The molecule has 0 saturated heterocycles. The van der Waals surface area contributed by atoms with Crippen LogP contribution in [0.15, 0.2) is 98.9 Å². The van der Waals surface area contributed by atoms with Gasteiger partial charge in [0.2, 0.25) is 0 Å². The number of anilines is 1. The number of benzene rings is 3. The third kappa shape index (κ3) is 7.86. The second kappa shape index (κ2) is 14.7. The van der Waals surface area contributed by atoms with Crippen LogP contribution in [-0.2, 0) is 11.4 Å². The lowest BCUT2D eigenvalue weighted by atomic mass is 10.2. The number of carbonyl (C=O) groups is 2. The lowest BCUT2D eigenvalue weighted by Crippen LogP contribution is -2.21. The molecule has 5 rings (SSSR count). The summed E-state index contributed by atoms with van der Waals surface area (Å²) in [6, 6.07) is 26.1. The lowest BCUT2D eigenvalue weighted by molar-refractivity contribution is -0.118. The number of para-hydroxylation sites is 1. The minimum atomic E-state index is -0.519. The number of furan rings is 1. The zero-order chi connectivity index (χ0) is 32.6. The summed E-state index contributed by atoms with van der Waals surface area (Å²) in [7, 11) is 1.49. The third-order valence-corrected chi connectivity index (χ3v) is 7.62. The van der Waals surface area contributed by atoms with Crippen molar-refractivity contribution in [2.75, 3.05) is 19.0 Å². The third-order valence-electron chi connectivity index (χ3n) is 7.03. The Balaban J connectivity index is 1.12. The summed E-state index contributed by atoms with van der Waals surface area (Å²) in [4.78, 5) is 25.1. The van der Waals surface area contributed by atoms with Gasteiger partial charge in [0, 0.05) is 22.8 Å². The molecule has 0 aliphatic carbocycles. The Hall–Kier alpha value is -5.29. The van der Waals surface area contributed by atoms with Gasteiger partial charge in [-0.2, -0.15) is 5.10 Å². The fourth-order valence-electron chi connectivity index (χ4n) is 4.71. The largest absolute Gasteiger partial charge is 0.493 e. The highest BCUT2D eigenvalue weighted by Crippen LogP contribution is 2.36. The van der Waals surface area contributed by atoms with E-state index >= 15 is 0 Å². The molecule has 0 atom stereocenters. The first-order chi connectivity index (χ1) is 22.2. The van der Waals surface area contributed by atoms with E-state index in [1.54, 1.807) is 24.3 Å². The standard InChI is InChI=1S/C35H33BrN4O6/c1-22-7-5-6-8-30(22)38-33(41)21-45-34-29(36)17-25(18-32(34)43-4)19-37-39-35(42)31-16-15-28(46-31)20-44-27-13-11-26(12-14-27)40-23(2)9-10-24(40)3/h5-19H,20-21H2,1-4H3,(H,38,41)(H,39,42)/b37-19+. The number of hydrogen-bond donors (Lipinski definition) is 2. The number of halogens is 1. The lowest BCUT2D eigenvalue weighted by Gasteiger charge is -2.14. The van der Waals surface area contributed by atoms with Crippen molar-refractivity contribution in [2.24, 2.45) is 5.10 Å². The van der Waals surface area contributed by atoms with E-state index in [1.165, 1.54) is 13.3 Å². The average molecular weight is 686 g/mol. The Morgan fingerprint density at radius 3 is 2.39 bits per heavy atom. The molecule has 5 aromatic rings. The van der Waals surface area contributed by atoms with Crippen molar-refractivity contribution in [3.8, 4) is 22.9 Å². The average Bonchev–Trinajstić information content (AvgIpc) is 3.66. The molecule has 0 bridgehead atoms. The van der Waals surface area contributed by atoms with E-state index in [1.807, 2.05) is 55.5 Å². The van der Waals surface area contributed by atoms with Gasteiger partial charge in [-0.1, -0.05) is 18.2 Å². The molecular formula is C35H33BrN4O6. The quantitative estimate of drug-likeness (QED) is 0.107. The number of aromatic nitrogens is 1. The first-order valence-electron chi connectivity index (χ1n) is 14.4. The molecule has 0 aliphatic heterocycles. The van der Waals surface area contributed by atoms with Gasteiger partial charge < -0.3 is 28.5 Å². The molecule has 0 unspecified atom stereocenters. The molecule has 2 heterocycles. The number of ether oxygens (including phenoxy) is 3. The zero-order valence-electron chi connectivity index (χ0n) is 25.8. The van der Waals surface area contributed by atoms with Gasteiger partial charge in [0.05, 0.1) is 17.8 Å². The molecule has 0 aliphatic rings. The Kier molecular flexibility index (Phi) is 10.2. The number of hydrazone groups is 1. The minimum absolute atomic E-state index is 0.0936.